The molecule has 5 nitrogen and oxygen atoms in total. The van der Waals surface area contributed by atoms with Crippen LogP contribution >= 0.6 is 0 Å². The Morgan fingerprint density at radius 2 is 2.10 bits per heavy atom. The van der Waals surface area contributed by atoms with Crippen LogP contribution in [0.1, 0.15) is 28.7 Å². The lowest BCUT2D eigenvalue weighted by atomic mass is 10.1. The Labute approximate surface area is 114 Å². The van der Waals surface area contributed by atoms with Crippen molar-refractivity contribution in [2.75, 3.05) is 6.54 Å². The summed E-state index contributed by atoms with van der Waals surface area (Å²) in [5.41, 5.74) is 0.890. The molecule has 0 radical (unpaired) electrons. The van der Waals surface area contributed by atoms with Crippen LogP contribution in [0, 0.1) is 18.6 Å². The molecule has 1 heterocycles. The highest BCUT2D eigenvalue weighted by Gasteiger charge is 2.20. The number of hydrogen-bond acceptors (Lipinski definition) is 4. The fourth-order valence-corrected chi connectivity index (χ4v) is 1.73. The number of carbonyl (C=O) groups is 1. The highest BCUT2D eigenvalue weighted by molar-refractivity contribution is 5.94. The summed E-state index contributed by atoms with van der Waals surface area (Å²) in [7, 11) is 0. The molecular formula is C13H13F2N3O2. The Morgan fingerprint density at radius 1 is 1.35 bits per heavy atom. The van der Waals surface area contributed by atoms with Crippen LogP contribution in [0.2, 0.25) is 0 Å². The maximum Gasteiger partial charge on any atom is 0.257 e. The predicted molar refractivity (Wildman–Crippen MR) is 65.8 cm³/mol. The first kappa shape index (κ1) is 14.1. The summed E-state index contributed by atoms with van der Waals surface area (Å²) >= 11 is 0. The monoisotopic (exact) mass is 281 g/mol. The van der Waals surface area contributed by atoms with Gasteiger partial charge in [0, 0.05) is 12.6 Å². The Kier molecular flexibility index (Phi) is 4.07. The maximum absolute atomic E-state index is 13.6. The molecule has 0 N–H and O–H groups in total. The van der Waals surface area contributed by atoms with Gasteiger partial charge in [-0.3, -0.25) is 4.79 Å². The molecule has 0 atom stereocenters. The van der Waals surface area contributed by atoms with Gasteiger partial charge in [0.15, 0.2) is 0 Å². The van der Waals surface area contributed by atoms with Gasteiger partial charge in [-0.1, -0.05) is 10.3 Å². The van der Waals surface area contributed by atoms with Crippen molar-refractivity contribution in [2.45, 2.75) is 20.4 Å². The van der Waals surface area contributed by atoms with Gasteiger partial charge in [0.1, 0.15) is 23.0 Å². The number of halogens is 2. The summed E-state index contributed by atoms with van der Waals surface area (Å²) in [6.45, 7) is 3.95. The van der Waals surface area contributed by atoms with Crippen molar-refractivity contribution in [1.82, 2.24) is 15.2 Å². The van der Waals surface area contributed by atoms with E-state index in [2.05, 4.69) is 14.9 Å². The van der Waals surface area contributed by atoms with Crippen molar-refractivity contribution >= 4 is 5.91 Å². The second kappa shape index (κ2) is 5.77. The largest absolute Gasteiger partial charge is 0.333 e. The van der Waals surface area contributed by atoms with Crippen LogP contribution in [0.15, 0.2) is 22.8 Å². The van der Waals surface area contributed by atoms with Crippen LogP contribution in [-0.2, 0) is 6.54 Å². The number of benzene rings is 1. The molecule has 0 saturated heterocycles. The van der Waals surface area contributed by atoms with E-state index in [1.165, 1.54) is 4.90 Å². The van der Waals surface area contributed by atoms with Crippen molar-refractivity contribution in [3.05, 3.63) is 46.8 Å². The van der Waals surface area contributed by atoms with Gasteiger partial charge >= 0.3 is 0 Å². The summed E-state index contributed by atoms with van der Waals surface area (Å²) in [5.74, 6) is -2.14. The van der Waals surface area contributed by atoms with Gasteiger partial charge in [-0.15, -0.1) is 0 Å². The molecule has 0 aliphatic heterocycles. The molecule has 2 rings (SSSR count). The summed E-state index contributed by atoms with van der Waals surface area (Å²) in [6.07, 6.45) is 0. The van der Waals surface area contributed by atoms with E-state index in [-0.39, 0.29) is 12.1 Å². The quantitative estimate of drug-likeness (QED) is 0.863. The summed E-state index contributed by atoms with van der Waals surface area (Å²) in [5, 5.41) is 7.30. The van der Waals surface area contributed by atoms with Crippen molar-refractivity contribution < 1.29 is 18.2 Å². The van der Waals surface area contributed by atoms with Gasteiger partial charge in [-0.05, 0) is 26.0 Å². The summed E-state index contributed by atoms with van der Waals surface area (Å²) in [4.78, 5) is 13.6. The van der Waals surface area contributed by atoms with Gasteiger partial charge in [0.05, 0.1) is 12.1 Å². The van der Waals surface area contributed by atoms with Crippen LogP contribution in [0.4, 0.5) is 8.78 Å². The molecule has 1 amide bonds. The molecule has 1 aromatic heterocycles. The number of rotatable bonds is 4. The summed E-state index contributed by atoms with van der Waals surface area (Å²) in [6, 6.07) is 2.86. The third kappa shape index (κ3) is 2.81. The van der Waals surface area contributed by atoms with E-state index < -0.39 is 17.5 Å². The third-order valence-corrected chi connectivity index (χ3v) is 2.92. The number of amides is 1. The Hall–Kier alpha value is -2.31. The van der Waals surface area contributed by atoms with E-state index in [0.29, 0.717) is 24.0 Å². The zero-order valence-electron chi connectivity index (χ0n) is 11.1. The fraction of sp³-hybridized carbons (Fsp3) is 0.308. The Bertz CT molecular complexity index is 628. The van der Waals surface area contributed by atoms with Gasteiger partial charge in [0.25, 0.3) is 5.91 Å². The maximum atomic E-state index is 13.6. The van der Waals surface area contributed by atoms with Gasteiger partial charge < -0.3 is 4.90 Å². The zero-order chi connectivity index (χ0) is 14.7. The molecule has 0 unspecified atom stereocenters. The molecule has 0 spiro atoms. The van der Waals surface area contributed by atoms with Crippen LogP contribution in [0.25, 0.3) is 0 Å². The number of carbonyl (C=O) groups excluding carboxylic acids is 1. The van der Waals surface area contributed by atoms with E-state index in [1.54, 1.807) is 13.8 Å². The van der Waals surface area contributed by atoms with E-state index in [0.717, 1.165) is 12.1 Å². The Morgan fingerprint density at radius 3 is 2.65 bits per heavy atom. The summed E-state index contributed by atoms with van der Waals surface area (Å²) < 4.78 is 31.0. The third-order valence-electron chi connectivity index (χ3n) is 2.92. The average Bonchev–Trinajstić information content (AvgIpc) is 2.80. The average molecular weight is 281 g/mol. The van der Waals surface area contributed by atoms with Crippen LogP contribution < -0.4 is 0 Å². The van der Waals surface area contributed by atoms with Gasteiger partial charge in [-0.2, -0.15) is 0 Å². The molecule has 1 aromatic carbocycles. The van der Waals surface area contributed by atoms with E-state index >= 15 is 0 Å². The topological polar surface area (TPSA) is 59.2 Å². The van der Waals surface area contributed by atoms with Gasteiger partial charge in [-0.25, -0.2) is 13.4 Å². The van der Waals surface area contributed by atoms with Crippen LogP contribution in [0.5, 0.6) is 0 Å². The van der Waals surface area contributed by atoms with E-state index in [9.17, 15) is 13.6 Å². The molecule has 2 aromatic rings. The van der Waals surface area contributed by atoms with Gasteiger partial charge in [0.2, 0.25) is 0 Å². The molecule has 0 saturated carbocycles. The number of nitrogens with zero attached hydrogens (tertiary/aromatic N) is 3. The number of aryl methyl sites for hydroxylation is 1. The molecule has 20 heavy (non-hydrogen) atoms. The van der Waals surface area contributed by atoms with Crippen molar-refractivity contribution in [3.8, 4) is 0 Å². The first-order valence-electron chi connectivity index (χ1n) is 6.05. The highest BCUT2D eigenvalue weighted by atomic mass is 19.1. The standard InChI is InChI=1S/C13H13F2N3O2/c1-3-18(7-12-8(2)16-20-17-12)13(19)10-5-4-9(14)6-11(10)15/h4-6H,3,7H2,1-2H3. The minimum atomic E-state index is -0.886. The SMILES string of the molecule is CCN(Cc1nonc1C)C(=O)c1ccc(F)cc1F. The Balaban J connectivity index is 2.23. The molecular weight excluding hydrogens is 268 g/mol. The molecule has 0 bridgehead atoms. The first-order valence-corrected chi connectivity index (χ1v) is 6.05. The molecule has 0 aliphatic carbocycles. The van der Waals surface area contributed by atoms with Crippen molar-refractivity contribution in [2.24, 2.45) is 0 Å². The zero-order valence-corrected chi connectivity index (χ0v) is 11.1. The first-order chi connectivity index (χ1) is 9.52. The van der Waals surface area contributed by atoms with E-state index in [1.807, 2.05) is 0 Å². The molecule has 0 fully saturated rings. The molecule has 7 heteroatoms. The van der Waals surface area contributed by atoms with Crippen LogP contribution in [0.3, 0.4) is 0 Å². The lowest BCUT2D eigenvalue weighted by molar-refractivity contribution is 0.0744. The minimum Gasteiger partial charge on any atom is -0.333 e. The highest BCUT2D eigenvalue weighted by Crippen LogP contribution is 2.14. The number of aromatic nitrogens is 2. The predicted octanol–water partition coefficient (Wildman–Crippen LogP) is 2.32. The molecule has 106 valence electrons. The molecule has 0 aliphatic rings. The lowest BCUT2D eigenvalue weighted by Crippen LogP contribution is -2.31. The smallest absolute Gasteiger partial charge is 0.257 e. The minimum absolute atomic E-state index is 0.154. The lowest BCUT2D eigenvalue weighted by Gasteiger charge is -2.20. The van der Waals surface area contributed by atoms with Crippen molar-refractivity contribution in [1.29, 1.82) is 0 Å². The fourth-order valence-electron chi connectivity index (χ4n) is 1.73. The second-order valence-electron chi connectivity index (χ2n) is 4.24. The normalized spacial score (nSPS) is 10.6. The van der Waals surface area contributed by atoms with Crippen molar-refractivity contribution in [3.63, 3.8) is 0 Å². The van der Waals surface area contributed by atoms with E-state index in [4.69, 9.17) is 0 Å². The van der Waals surface area contributed by atoms with Crippen LogP contribution in [-0.4, -0.2) is 27.7 Å². The number of hydrogen-bond donors (Lipinski definition) is 0. The second-order valence-corrected chi connectivity index (χ2v) is 4.24.